The lowest BCUT2D eigenvalue weighted by Crippen LogP contribution is -2.38. The number of imidazole rings is 1. The quantitative estimate of drug-likeness (QED) is 0.540. The van der Waals surface area contributed by atoms with Crippen molar-refractivity contribution in [1.82, 2.24) is 14.5 Å². The predicted octanol–water partition coefficient (Wildman–Crippen LogP) is 2.77. The molecule has 0 aliphatic heterocycles. The van der Waals surface area contributed by atoms with Gasteiger partial charge in [0, 0.05) is 33.9 Å². The first-order valence-corrected chi connectivity index (χ1v) is 9.71. The van der Waals surface area contributed by atoms with E-state index >= 15 is 0 Å². The topological polar surface area (TPSA) is 68.6 Å². The van der Waals surface area contributed by atoms with Gasteiger partial charge in [0.15, 0.2) is 0 Å². The molecule has 154 valence electrons. The first kappa shape index (κ1) is 20.8. The summed E-state index contributed by atoms with van der Waals surface area (Å²) in [4.78, 5) is 19.5. The molecular weight excluding hydrogens is 368 g/mol. The van der Waals surface area contributed by atoms with Gasteiger partial charge in [-0.3, -0.25) is 4.79 Å². The van der Waals surface area contributed by atoms with Crippen molar-refractivity contribution in [2.24, 2.45) is 0 Å². The van der Waals surface area contributed by atoms with Crippen LogP contribution in [0.25, 0.3) is 11.0 Å². The zero-order valence-electron chi connectivity index (χ0n) is 17.0. The van der Waals surface area contributed by atoms with Gasteiger partial charge in [0.1, 0.15) is 6.54 Å². The zero-order chi connectivity index (χ0) is 20.5. The number of para-hydroxylation sites is 2. The van der Waals surface area contributed by atoms with Crippen molar-refractivity contribution in [2.45, 2.75) is 13.1 Å². The summed E-state index contributed by atoms with van der Waals surface area (Å²) < 4.78 is 12.2. The fraction of sp³-hybridized carbons (Fsp3) is 0.364. The molecule has 7 nitrogen and oxygen atoms in total. The van der Waals surface area contributed by atoms with E-state index in [-0.39, 0.29) is 12.5 Å². The Kier molecular flexibility index (Phi) is 7.61. The van der Waals surface area contributed by atoms with Gasteiger partial charge in [-0.25, -0.2) is 4.98 Å². The minimum Gasteiger partial charge on any atom is -0.383 e. The third kappa shape index (κ3) is 5.56. The fourth-order valence-electron chi connectivity index (χ4n) is 3.15. The number of hydrogen-bond acceptors (Lipinski definition) is 5. The Balaban J connectivity index is 1.81. The molecule has 0 bridgehead atoms. The molecule has 0 spiro atoms. The van der Waals surface area contributed by atoms with Gasteiger partial charge in [-0.05, 0) is 17.7 Å². The number of ether oxygens (including phenoxy) is 2. The molecular formula is C22H28N4O3. The van der Waals surface area contributed by atoms with Crippen LogP contribution in [-0.4, -0.2) is 60.9 Å². The second-order valence-corrected chi connectivity index (χ2v) is 6.72. The number of rotatable bonds is 11. The smallest absolute Gasteiger partial charge is 0.242 e. The largest absolute Gasteiger partial charge is 0.383 e. The van der Waals surface area contributed by atoms with Gasteiger partial charge in [-0.2, -0.15) is 0 Å². The Morgan fingerprint density at radius 2 is 1.66 bits per heavy atom. The average Bonchev–Trinajstić information content (AvgIpc) is 3.10. The number of nitrogens with one attached hydrogen (secondary N) is 1. The van der Waals surface area contributed by atoms with Crippen molar-refractivity contribution in [1.29, 1.82) is 0 Å². The molecule has 0 saturated carbocycles. The van der Waals surface area contributed by atoms with E-state index in [2.05, 4.69) is 17.4 Å². The van der Waals surface area contributed by atoms with E-state index in [1.54, 1.807) is 19.1 Å². The van der Waals surface area contributed by atoms with Crippen LogP contribution < -0.4 is 5.32 Å². The van der Waals surface area contributed by atoms with Crippen molar-refractivity contribution >= 4 is 22.9 Å². The normalized spacial score (nSPS) is 11.0. The highest BCUT2D eigenvalue weighted by molar-refractivity contribution is 5.83. The minimum atomic E-state index is 0.00464. The van der Waals surface area contributed by atoms with Crippen LogP contribution in [0.1, 0.15) is 5.56 Å². The summed E-state index contributed by atoms with van der Waals surface area (Å²) in [5.74, 6) is 0.687. The molecule has 1 N–H and O–H groups in total. The Morgan fingerprint density at radius 1 is 1.00 bits per heavy atom. The van der Waals surface area contributed by atoms with E-state index in [1.807, 2.05) is 47.0 Å². The minimum absolute atomic E-state index is 0.00464. The van der Waals surface area contributed by atoms with Gasteiger partial charge in [0.25, 0.3) is 0 Å². The SMILES string of the molecule is COCCN(CCOC)C(=O)Cn1c(NCc2ccccc2)nc2ccccc21. The fourth-order valence-corrected chi connectivity index (χ4v) is 3.15. The van der Waals surface area contributed by atoms with Gasteiger partial charge in [-0.1, -0.05) is 42.5 Å². The number of aromatic nitrogens is 2. The molecule has 2 aromatic carbocycles. The number of benzene rings is 2. The van der Waals surface area contributed by atoms with Crippen molar-refractivity contribution in [2.75, 3.05) is 45.8 Å². The molecule has 3 rings (SSSR count). The van der Waals surface area contributed by atoms with Gasteiger partial charge in [0.05, 0.1) is 24.2 Å². The zero-order valence-corrected chi connectivity index (χ0v) is 17.0. The molecule has 0 radical (unpaired) electrons. The van der Waals surface area contributed by atoms with Gasteiger partial charge < -0.3 is 24.3 Å². The number of methoxy groups -OCH3 is 2. The van der Waals surface area contributed by atoms with Gasteiger partial charge in [-0.15, -0.1) is 0 Å². The van der Waals surface area contributed by atoms with E-state index in [0.29, 0.717) is 38.8 Å². The maximum Gasteiger partial charge on any atom is 0.242 e. The molecule has 0 aliphatic rings. The summed E-state index contributed by atoms with van der Waals surface area (Å²) in [5, 5.41) is 3.38. The van der Waals surface area contributed by atoms with Crippen LogP contribution in [0.4, 0.5) is 5.95 Å². The maximum atomic E-state index is 13.0. The highest BCUT2D eigenvalue weighted by atomic mass is 16.5. The summed E-state index contributed by atoms with van der Waals surface area (Å²) >= 11 is 0. The summed E-state index contributed by atoms with van der Waals surface area (Å²) in [5.41, 5.74) is 2.94. The Hall–Kier alpha value is -2.90. The number of nitrogens with zero attached hydrogens (tertiary/aromatic N) is 3. The second-order valence-electron chi connectivity index (χ2n) is 6.72. The molecule has 1 amide bonds. The lowest BCUT2D eigenvalue weighted by atomic mass is 10.2. The molecule has 0 fully saturated rings. The summed E-state index contributed by atoms with van der Waals surface area (Å²) in [6.07, 6.45) is 0. The Labute approximate surface area is 171 Å². The van der Waals surface area contributed by atoms with E-state index in [9.17, 15) is 4.79 Å². The van der Waals surface area contributed by atoms with E-state index in [1.165, 1.54) is 0 Å². The Bertz CT molecular complexity index is 903. The molecule has 0 aliphatic carbocycles. The molecule has 0 atom stereocenters. The molecule has 7 heteroatoms. The van der Waals surface area contributed by atoms with Crippen molar-refractivity contribution in [3.05, 3.63) is 60.2 Å². The van der Waals surface area contributed by atoms with E-state index in [4.69, 9.17) is 14.5 Å². The molecule has 0 saturated heterocycles. The average molecular weight is 396 g/mol. The summed E-state index contributed by atoms with van der Waals surface area (Å²) in [6, 6.07) is 18.0. The number of amides is 1. The first-order chi connectivity index (χ1) is 14.2. The predicted molar refractivity (Wildman–Crippen MR) is 114 cm³/mol. The van der Waals surface area contributed by atoms with Crippen molar-refractivity contribution in [3.8, 4) is 0 Å². The first-order valence-electron chi connectivity index (χ1n) is 9.71. The summed E-state index contributed by atoms with van der Waals surface area (Å²) in [6.45, 7) is 2.86. The molecule has 29 heavy (non-hydrogen) atoms. The molecule has 3 aromatic rings. The highest BCUT2D eigenvalue weighted by Crippen LogP contribution is 2.20. The van der Waals surface area contributed by atoms with Crippen LogP contribution >= 0.6 is 0 Å². The van der Waals surface area contributed by atoms with Crippen molar-refractivity contribution < 1.29 is 14.3 Å². The third-order valence-corrected chi connectivity index (χ3v) is 4.72. The number of carbonyl (C=O) groups excluding carboxylic acids is 1. The lowest BCUT2D eigenvalue weighted by molar-refractivity contribution is -0.133. The number of hydrogen-bond donors (Lipinski definition) is 1. The van der Waals surface area contributed by atoms with Gasteiger partial charge in [0.2, 0.25) is 11.9 Å². The van der Waals surface area contributed by atoms with Gasteiger partial charge >= 0.3 is 0 Å². The van der Waals surface area contributed by atoms with Crippen LogP contribution in [0, 0.1) is 0 Å². The lowest BCUT2D eigenvalue weighted by Gasteiger charge is -2.23. The van der Waals surface area contributed by atoms with Crippen LogP contribution in [0.3, 0.4) is 0 Å². The number of anilines is 1. The molecule has 1 aromatic heterocycles. The van der Waals surface area contributed by atoms with Crippen LogP contribution in [0.5, 0.6) is 0 Å². The van der Waals surface area contributed by atoms with E-state index < -0.39 is 0 Å². The molecule has 1 heterocycles. The van der Waals surface area contributed by atoms with E-state index in [0.717, 1.165) is 16.6 Å². The van der Waals surface area contributed by atoms with Crippen LogP contribution in [0.15, 0.2) is 54.6 Å². The monoisotopic (exact) mass is 396 g/mol. The summed E-state index contributed by atoms with van der Waals surface area (Å²) in [7, 11) is 3.27. The number of fused-ring (bicyclic) bond motifs is 1. The van der Waals surface area contributed by atoms with Crippen LogP contribution in [-0.2, 0) is 27.4 Å². The third-order valence-electron chi connectivity index (χ3n) is 4.72. The van der Waals surface area contributed by atoms with Crippen molar-refractivity contribution in [3.63, 3.8) is 0 Å². The highest BCUT2D eigenvalue weighted by Gasteiger charge is 2.18. The second kappa shape index (κ2) is 10.6. The van der Waals surface area contributed by atoms with Crippen LogP contribution in [0.2, 0.25) is 0 Å². The Morgan fingerprint density at radius 3 is 2.34 bits per heavy atom. The maximum absolute atomic E-state index is 13.0. The standard InChI is InChI=1S/C22H28N4O3/c1-28-14-12-25(13-15-29-2)21(27)17-26-20-11-7-6-10-19(20)24-22(26)23-16-18-8-4-3-5-9-18/h3-11H,12-17H2,1-2H3,(H,23,24). The number of carbonyl (C=O) groups is 1. The molecule has 0 unspecified atom stereocenters.